The van der Waals surface area contributed by atoms with Gasteiger partial charge >= 0.3 is 0 Å². The molecule has 2 rings (SSSR count). The zero-order chi connectivity index (χ0) is 9.97. The summed E-state index contributed by atoms with van der Waals surface area (Å²) >= 11 is 1.34. The average molecular weight is 210 g/mol. The third kappa shape index (κ3) is 2.08. The minimum Gasteiger partial charge on any atom is -0.361 e. The van der Waals surface area contributed by atoms with Crippen molar-refractivity contribution in [2.75, 3.05) is 5.32 Å². The molecule has 0 atom stereocenters. The maximum Gasteiger partial charge on any atom is 0.202 e. The van der Waals surface area contributed by atoms with Gasteiger partial charge in [-0.3, -0.25) is 0 Å². The van der Waals surface area contributed by atoms with Gasteiger partial charge in [-0.05, 0) is 13.8 Å². The predicted molar refractivity (Wildman–Crippen MR) is 53.2 cm³/mol. The van der Waals surface area contributed by atoms with E-state index in [0.717, 1.165) is 22.4 Å². The molecule has 0 aliphatic carbocycles. The second kappa shape index (κ2) is 3.75. The van der Waals surface area contributed by atoms with Crippen molar-refractivity contribution in [1.82, 2.24) is 14.5 Å². The molecule has 0 spiro atoms. The van der Waals surface area contributed by atoms with Gasteiger partial charge in [-0.25, -0.2) is 4.98 Å². The molecule has 2 heterocycles. The molecule has 6 heteroatoms. The molecule has 0 aromatic carbocycles. The lowest BCUT2D eigenvalue weighted by molar-refractivity contribution is 0.391. The first-order valence-electron chi connectivity index (χ1n) is 4.20. The van der Waals surface area contributed by atoms with Crippen LogP contribution in [0.25, 0.3) is 0 Å². The normalized spacial score (nSPS) is 10.4. The average Bonchev–Trinajstić information content (AvgIpc) is 2.72. The maximum absolute atomic E-state index is 4.94. The Bertz CT molecular complexity index is 382. The monoisotopic (exact) mass is 210 g/mol. The van der Waals surface area contributed by atoms with Crippen molar-refractivity contribution < 1.29 is 4.52 Å². The largest absolute Gasteiger partial charge is 0.361 e. The predicted octanol–water partition coefficient (Wildman–Crippen LogP) is 1.76. The minimum atomic E-state index is 0.617. The first-order chi connectivity index (χ1) is 6.74. The molecule has 0 radical (unpaired) electrons. The zero-order valence-electron chi connectivity index (χ0n) is 7.94. The summed E-state index contributed by atoms with van der Waals surface area (Å²) in [4.78, 5) is 4.17. The summed E-state index contributed by atoms with van der Waals surface area (Å²) in [5.74, 6) is 1.60. The fourth-order valence-electron chi connectivity index (χ4n) is 1.04. The smallest absolute Gasteiger partial charge is 0.202 e. The Kier molecular flexibility index (Phi) is 2.45. The van der Waals surface area contributed by atoms with Crippen LogP contribution in [0.15, 0.2) is 10.6 Å². The van der Waals surface area contributed by atoms with Crippen LogP contribution < -0.4 is 5.32 Å². The van der Waals surface area contributed by atoms with Gasteiger partial charge in [0.1, 0.15) is 17.3 Å². The lowest BCUT2D eigenvalue weighted by Crippen LogP contribution is -1.98. The first-order valence-corrected chi connectivity index (χ1v) is 4.98. The van der Waals surface area contributed by atoms with Gasteiger partial charge in [0.15, 0.2) is 0 Å². The van der Waals surface area contributed by atoms with Crippen molar-refractivity contribution in [3.8, 4) is 0 Å². The third-order valence-corrected chi connectivity index (χ3v) is 2.39. The molecule has 0 amide bonds. The highest BCUT2D eigenvalue weighted by Crippen LogP contribution is 2.11. The second-order valence-corrected chi connectivity index (χ2v) is 3.68. The summed E-state index contributed by atoms with van der Waals surface area (Å²) in [6, 6.07) is 1.89. The van der Waals surface area contributed by atoms with E-state index in [1.54, 1.807) is 0 Å². The van der Waals surface area contributed by atoms with Crippen LogP contribution in [0.5, 0.6) is 0 Å². The van der Waals surface area contributed by atoms with Crippen molar-refractivity contribution in [3.63, 3.8) is 0 Å². The number of anilines is 1. The highest BCUT2D eigenvalue weighted by Gasteiger charge is 2.02. The number of aryl methyl sites for hydroxylation is 2. The summed E-state index contributed by atoms with van der Waals surface area (Å²) in [6.45, 7) is 4.35. The van der Waals surface area contributed by atoms with Crippen molar-refractivity contribution >= 4 is 16.7 Å². The molecule has 0 fully saturated rings. The van der Waals surface area contributed by atoms with Crippen LogP contribution in [-0.4, -0.2) is 14.5 Å². The molecule has 0 saturated carbocycles. The standard InChI is InChI=1S/C8H10N4OS/c1-5-3-7(11-13-5)4-9-8-10-6(2)12-14-8/h3H,4H2,1-2H3,(H,9,10,12). The molecule has 0 bridgehead atoms. The minimum absolute atomic E-state index is 0.617. The van der Waals surface area contributed by atoms with Crippen molar-refractivity contribution in [2.45, 2.75) is 20.4 Å². The molecule has 0 aliphatic rings. The van der Waals surface area contributed by atoms with Gasteiger partial charge in [0.2, 0.25) is 5.13 Å². The van der Waals surface area contributed by atoms with Crippen molar-refractivity contribution in [3.05, 3.63) is 23.3 Å². The van der Waals surface area contributed by atoms with Crippen LogP contribution in [0.3, 0.4) is 0 Å². The van der Waals surface area contributed by atoms with Gasteiger partial charge in [0, 0.05) is 17.6 Å². The Morgan fingerprint density at radius 1 is 1.50 bits per heavy atom. The van der Waals surface area contributed by atoms with E-state index >= 15 is 0 Å². The van der Waals surface area contributed by atoms with E-state index in [4.69, 9.17) is 4.52 Å². The van der Waals surface area contributed by atoms with Crippen LogP contribution in [0.4, 0.5) is 5.13 Å². The van der Waals surface area contributed by atoms with Crippen LogP contribution >= 0.6 is 11.5 Å². The van der Waals surface area contributed by atoms with Crippen LogP contribution in [0.1, 0.15) is 17.3 Å². The SMILES string of the molecule is Cc1nsc(NCc2cc(C)on2)n1. The number of hydrogen-bond acceptors (Lipinski definition) is 6. The molecule has 74 valence electrons. The summed E-state index contributed by atoms with van der Waals surface area (Å²) < 4.78 is 8.99. The van der Waals surface area contributed by atoms with E-state index in [-0.39, 0.29) is 0 Å². The Labute approximate surface area is 85.3 Å². The fraction of sp³-hybridized carbons (Fsp3) is 0.375. The van der Waals surface area contributed by atoms with Gasteiger partial charge in [-0.1, -0.05) is 5.16 Å². The molecule has 0 aliphatic heterocycles. The van der Waals surface area contributed by atoms with Gasteiger partial charge in [-0.2, -0.15) is 4.37 Å². The second-order valence-electron chi connectivity index (χ2n) is 2.93. The van der Waals surface area contributed by atoms with Gasteiger partial charge < -0.3 is 9.84 Å². The van der Waals surface area contributed by atoms with Gasteiger partial charge in [0.25, 0.3) is 0 Å². The molecule has 2 aromatic heterocycles. The molecule has 0 saturated heterocycles. The lowest BCUT2D eigenvalue weighted by Gasteiger charge is -1.95. The number of nitrogens with one attached hydrogen (secondary N) is 1. The number of aromatic nitrogens is 3. The Morgan fingerprint density at radius 2 is 2.36 bits per heavy atom. The third-order valence-electron chi connectivity index (χ3n) is 1.63. The molecule has 5 nitrogen and oxygen atoms in total. The zero-order valence-corrected chi connectivity index (χ0v) is 8.76. The van der Waals surface area contributed by atoms with Crippen LogP contribution in [0, 0.1) is 13.8 Å². The van der Waals surface area contributed by atoms with Crippen LogP contribution in [0.2, 0.25) is 0 Å². The number of nitrogens with zero attached hydrogens (tertiary/aromatic N) is 3. The Balaban J connectivity index is 1.94. The van der Waals surface area contributed by atoms with Crippen molar-refractivity contribution in [1.29, 1.82) is 0 Å². The number of hydrogen-bond donors (Lipinski definition) is 1. The summed E-state index contributed by atoms with van der Waals surface area (Å²) in [7, 11) is 0. The highest BCUT2D eigenvalue weighted by atomic mass is 32.1. The van der Waals surface area contributed by atoms with E-state index in [1.165, 1.54) is 11.5 Å². The molecule has 0 unspecified atom stereocenters. The van der Waals surface area contributed by atoms with Gasteiger partial charge in [0.05, 0.1) is 6.54 Å². The highest BCUT2D eigenvalue weighted by molar-refractivity contribution is 7.09. The molecule has 14 heavy (non-hydrogen) atoms. The van der Waals surface area contributed by atoms with Crippen LogP contribution in [-0.2, 0) is 6.54 Å². The van der Waals surface area contributed by atoms with Gasteiger partial charge in [-0.15, -0.1) is 0 Å². The van der Waals surface area contributed by atoms with E-state index < -0.39 is 0 Å². The summed E-state index contributed by atoms with van der Waals surface area (Å²) in [5.41, 5.74) is 0.871. The molecular formula is C8H10N4OS. The number of rotatable bonds is 3. The lowest BCUT2D eigenvalue weighted by atomic mass is 10.4. The molecular weight excluding hydrogens is 200 g/mol. The topological polar surface area (TPSA) is 63.8 Å². The quantitative estimate of drug-likeness (QED) is 0.836. The Hall–Kier alpha value is -1.43. The van der Waals surface area contributed by atoms with Crippen molar-refractivity contribution in [2.24, 2.45) is 0 Å². The van der Waals surface area contributed by atoms with E-state index in [0.29, 0.717) is 6.54 Å². The molecule has 1 N–H and O–H groups in total. The fourth-order valence-corrected chi connectivity index (χ4v) is 1.61. The molecule has 2 aromatic rings. The first kappa shape index (κ1) is 9.14. The van der Waals surface area contributed by atoms with E-state index in [1.807, 2.05) is 19.9 Å². The van der Waals surface area contributed by atoms with E-state index in [9.17, 15) is 0 Å². The summed E-state index contributed by atoms with van der Waals surface area (Å²) in [5, 5.41) is 7.78. The summed E-state index contributed by atoms with van der Waals surface area (Å²) in [6.07, 6.45) is 0. The Morgan fingerprint density at radius 3 is 2.93 bits per heavy atom. The maximum atomic E-state index is 4.94. The van der Waals surface area contributed by atoms with E-state index in [2.05, 4.69) is 19.8 Å².